The summed E-state index contributed by atoms with van der Waals surface area (Å²) in [5.41, 5.74) is 2.65. The molecular formula is C34H37N7O5. The molecule has 2 aromatic carbocycles. The van der Waals surface area contributed by atoms with Crippen LogP contribution >= 0.6 is 0 Å². The van der Waals surface area contributed by atoms with Crippen LogP contribution in [-0.4, -0.2) is 69.9 Å². The molecule has 12 heteroatoms. The Morgan fingerprint density at radius 2 is 1.41 bits per heavy atom. The Bertz CT molecular complexity index is 1610. The first-order chi connectivity index (χ1) is 22.3. The molecule has 0 saturated carbocycles. The average Bonchev–Trinajstić information content (AvgIpc) is 3.53. The van der Waals surface area contributed by atoms with Gasteiger partial charge in [0.2, 0.25) is 17.7 Å². The van der Waals surface area contributed by atoms with Crippen molar-refractivity contribution in [3.63, 3.8) is 0 Å². The van der Waals surface area contributed by atoms with Gasteiger partial charge in [-0.25, -0.2) is 0 Å². The van der Waals surface area contributed by atoms with E-state index in [0.717, 1.165) is 16.7 Å². The van der Waals surface area contributed by atoms with Crippen LogP contribution in [-0.2, 0) is 40.3 Å². The lowest BCUT2D eigenvalue weighted by Crippen LogP contribution is -2.57. The molecule has 4 aromatic rings. The van der Waals surface area contributed by atoms with Gasteiger partial charge in [-0.2, -0.15) is 0 Å². The molecule has 238 valence electrons. The van der Waals surface area contributed by atoms with Crippen LogP contribution in [0.2, 0.25) is 0 Å². The third-order valence-corrected chi connectivity index (χ3v) is 7.60. The summed E-state index contributed by atoms with van der Waals surface area (Å²) in [6, 6.07) is 21.0. The highest BCUT2D eigenvalue weighted by atomic mass is 16.5. The average molecular weight is 624 g/mol. The highest BCUT2D eigenvalue weighted by molar-refractivity contribution is 5.97. The van der Waals surface area contributed by atoms with Crippen molar-refractivity contribution in [3.05, 3.63) is 119 Å². The maximum atomic E-state index is 13.8. The number of benzene rings is 2. The van der Waals surface area contributed by atoms with E-state index in [0.29, 0.717) is 25.4 Å². The van der Waals surface area contributed by atoms with Gasteiger partial charge in [-0.3, -0.25) is 29.1 Å². The summed E-state index contributed by atoms with van der Waals surface area (Å²) in [5.74, 6) is -1.59. The largest absolute Gasteiger partial charge is 0.359 e. The number of rotatable bonds is 6. The molecule has 46 heavy (non-hydrogen) atoms. The van der Waals surface area contributed by atoms with Crippen LogP contribution in [0.4, 0.5) is 0 Å². The normalized spacial score (nSPS) is 20.4. The number of nitrogens with zero attached hydrogens (tertiary/aromatic N) is 3. The Balaban J connectivity index is 1.43. The predicted octanol–water partition coefficient (Wildman–Crippen LogP) is 1.77. The van der Waals surface area contributed by atoms with Crippen molar-refractivity contribution in [1.29, 1.82) is 0 Å². The van der Waals surface area contributed by atoms with Crippen LogP contribution < -0.4 is 21.3 Å². The van der Waals surface area contributed by atoms with Crippen LogP contribution in [0.15, 0.2) is 95.8 Å². The number of hydrogen-bond donors (Lipinski definition) is 4. The smallest absolute Gasteiger partial charge is 0.274 e. The van der Waals surface area contributed by atoms with Gasteiger partial charge in [0.1, 0.15) is 18.1 Å². The molecule has 4 N–H and O–H groups in total. The lowest BCUT2D eigenvalue weighted by molar-refractivity contribution is -0.132. The minimum Gasteiger partial charge on any atom is -0.359 e. The molecule has 12 nitrogen and oxygen atoms in total. The van der Waals surface area contributed by atoms with E-state index >= 15 is 0 Å². The molecule has 0 unspecified atom stereocenters. The van der Waals surface area contributed by atoms with Gasteiger partial charge >= 0.3 is 0 Å². The second-order valence-corrected chi connectivity index (χ2v) is 11.2. The summed E-state index contributed by atoms with van der Waals surface area (Å²) in [7, 11) is 0. The first-order valence-electron chi connectivity index (χ1n) is 15.2. The van der Waals surface area contributed by atoms with E-state index in [9.17, 15) is 19.2 Å². The van der Waals surface area contributed by atoms with E-state index in [1.54, 1.807) is 12.4 Å². The fourth-order valence-electron chi connectivity index (χ4n) is 5.16. The monoisotopic (exact) mass is 623 g/mol. The Morgan fingerprint density at radius 1 is 0.783 bits per heavy atom. The number of amides is 4. The molecule has 0 aliphatic carbocycles. The highest BCUT2D eigenvalue weighted by Gasteiger charge is 2.29. The molecule has 5 rings (SSSR count). The van der Waals surface area contributed by atoms with Gasteiger partial charge in [-0.1, -0.05) is 71.9 Å². The van der Waals surface area contributed by atoms with E-state index < -0.39 is 35.8 Å². The number of aromatic nitrogens is 2. The van der Waals surface area contributed by atoms with Crippen LogP contribution in [0.3, 0.4) is 0 Å². The fraction of sp³-hybridized carbons (Fsp3) is 0.294. The molecule has 2 bridgehead atoms. The number of fused-ring (bicyclic) bond motifs is 2. The van der Waals surface area contributed by atoms with E-state index in [4.69, 9.17) is 4.52 Å². The zero-order valence-corrected chi connectivity index (χ0v) is 25.5. The van der Waals surface area contributed by atoms with Crippen molar-refractivity contribution in [2.75, 3.05) is 13.1 Å². The SMILES string of the molecule is C[C@@H]1NC(=O)c2cc(on2)CN(Cc2cccnc2)CCNC(=O)[C@@H](Cc2ccccc2)NC(=O)[C@H](Cc2ccccc2)NC1=O. The van der Waals surface area contributed by atoms with E-state index in [1.807, 2.05) is 77.7 Å². The zero-order chi connectivity index (χ0) is 32.3. The fourth-order valence-corrected chi connectivity index (χ4v) is 5.16. The third-order valence-electron chi connectivity index (χ3n) is 7.60. The molecule has 4 amide bonds. The lowest BCUT2D eigenvalue weighted by Gasteiger charge is -2.25. The molecule has 0 fully saturated rings. The van der Waals surface area contributed by atoms with Crippen molar-refractivity contribution >= 4 is 23.6 Å². The van der Waals surface area contributed by atoms with Crippen LogP contribution in [0.25, 0.3) is 0 Å². The molecule has 1 aliphatic heterocycles. The van der Waals surface area contributed by atoms with Crippen molar-refractivity contribution in [2.45, 2.75) is 51.0 Å². The van der Waals surface area contributed by atoms with E-state index in [1.165, 1.54) is 13.0 Å². The van der Waals surface area contributed by atoms with Gasteiger partial charge in [0.25, 0.3) is 5.91 Å². The van der Waals surface area contributed by atoms with Crippen LogP contribution in [0.1, 0.15) is 39.9 Å². The molecule has 0 radical (unpaired) electrons. The number of nitrogens with one attached hydrogen (secondary N) is 4. The van der Waals surface area contributed by atoms with Gasteiger partial charge < -0.3 is 25.8 Å². The number of hydrogen-bond acceptors (Lipinski definition) is 8. The zero-order valence-electron chi connectivity index (χ0n) is 25.5. The van der Waals surface area contributed by atoms with Gasteiger partial charge in [-0.15, -0.1) is 0 Å². The predicted molar refractivity (Wildman–Crippen MR) is 169 cm³/mol. The summed E-state index contributed by atoms with van der Waals surface area (Å²) < 4.78 is 5.47. The minimum absolute atomic E-state index is 0.0210. The number of pyridine rings is 1. The van der Waals surface area contributed by atoms with Gasteiger partial charge in [0.15, 0.2) is 11.5 Å². The van der Waals surface area contributed by atoms with Crippen molar-refractivity contribution in [1.82, 2.24) is 36.3 Å². The standard InChI is InChI=1S/C34H37N7O5/c1-23-31(42)38-29(18-25-11-6-3-7-12-25)33(44)39-28(17-24-9-4-2-5-10-24)32(43)36-15-16-41(21-26-13-8-14-35-20-26)22-27-19-30(40-46-27)34(45)37-23/h2-14,19-20,23,28-29H,15-18,21-22H2,1H3,(H,36,43)(H,37,45)(H,38,42)(H,39,44)/t23-,28+,29-/m0/s1. The Hall–Kier alpha value is -5.36. The molecule has 2 aromatic heterocycles. The molecule has 0 saturated heterocycles. The second kappa shape index (κ2) is 15.6. The minimum atomic E-state index is -1.02. The Labute approximate surface area is 266 Å². The second-order valence-electron chi connectivity index (χ2n) is 11.2. The van der Waals surface area contributed by atoms with Gasteiger partial charge in [0.05, 0.1) is 6.54 Å². The molecule has 3 atom stereocenters. The van der Waals surface area contributed by atoms with Crippen LogP contribution in [0, 0.1) is 0 Å². The quantitative estimate of drug-likeness (QED) is 0.253. The van der Waals surface area contributed by atoms with E-state index in [-0.39, 0.29) is 31.0 Å². The molecule has 3 heterocycles. The summed E-state index contributed by atoms with van der Waals surface area (Å²) in [5, 5.41) is 15.2. The van der Waals surface area contributed by atoms with Gasteiger partial charge in [-0.05, 0) is 29.7 Å². The highest BCUT2D eigenvalue weighted by Crippen LogP contribution is 2.12. The summed E-state index contributed by atoms with van der Waals surface area (Å²) in [4.78, 5) is 59.9. The topological polar surface area (TPSA) is 159 Å². The number of carbonyl (C=O) groups excluding carboxylic acids is 4. The van der Waals surface area contributed by atoms with Gasteiger partial charge in [0, 0.05) is 50.9 Å². The Morgan fingerprint density at radius 3 is 2.07 bits per heavy atom. The Kier molecular flexibility index (Phi) is 10.9. The van der Waals surface area contributed by atoms with Crippen molar-refractivity contribution in [2.24, 2.45) is 0 Å². The van der Waals surface area contributed by atoms with Crippen LogP contribution in [0.5, 0.6) is 0 Å². The maximum absolute atomic E-state index is 13.8. The summed E-state index contributed by atoms with van der Waals surface area (Å²) in [6.45, 7) is 3.01. The summed E-state index contributed by atoms with van der Waals surface area (Å²) in [6.07, 6.45) is 3.87. The third kappa shape index (κ3) is 9.08. The first kappa shape index (κ1) is 32.0. The van der Waals surface area contributed by atoms with Crippen molar-refractivity contribution in [3.8, 4) is 0 Å². The maximum Gasteiger partial charge on any atom is 0.274 e. The molecular weight excluding hydrogens is 586 g/mol. The lowest BCUT2D eigenvalue weighted by atomic mass is 10.0. The molecule has 0 spiro atoms. The van der Waals surface area contributed by atoms with E-state index in [2.05, 4.69) is 31.4 Å². The molecule has 1 aliphatic rings. The summed E-state index contributed by atoms with van der Waals surface area (Å²) >= 11 is 0. The number of carbonyl (C=O) groups is 4. The van der Waals surface area contributed by atoms with Crippen molar-refractivity contribution < 1.29 is 23.7 Å². The first-order valence-corrected chi connectivity index (χ1v) is 15.2.